The van der Waals surface area contributed by atoms with Crippen molar-refractivity contribution in [2.24, 2.45) is 0 Å². The van der Waals surface area contributed by atoms with Gasteiger partial charge in [0.05, 0.1) is 27.7 Å². The van der Waals surface area contributed by atoms with E-state index in [1.807, 2.05) is 21.1 Å². The van der Waals surface area contributed by atoms with Crippen molar-refractivity contribution in [1.82, 2.24) is 0 Å². The number of carbonyl (C=O) groups is 2. The average molecular weight is 1350 g/mol. The molecule has 10 heteroatoms. The average Bonchev–Trinajstić information content (AvgIpc) is 2.74. The van der Waals surface area contributed by atoms with Gasteiger partial charge >= 0.3 is 19.8 Å². The van der Waals surface area contributed by atoms with E-state index in [9.17, 15) is 19.0 Å². The maximum absolute atomic E-state index is 12.9. The summed E-state index contributed by atoms with van der Waals surface area (Å²) in [4.78, 5) is 36.0. The van der Waals surface area contributed by atoms with E-state index in [-0.39, 0.29) is 32.0 Å². The molecule has 0 aliphatic rings. The van der Waals surface area contributed by atoms with Crippen molar-refractivity contribution in [1.29, 1.82) is 0 Å². The van der Waals surface area contributed by atoms with Gasteiger partial charge in [0.15, 0.2) is 6.10 Å². The standard InChI is InChI=1S/C86H146NO8P/c1-6-8-10-12-14-16-18-20-22-24-26-28-30-32-34-36-38-40-42-43-45-46-48-50-52-54-56-58-60-62-64-66-68-70-72-74-76-78-85(88)92-82-84(83-94-96(90,91)93-81-80-87(3,4)5)95-86(89)79-77-75-73-71-69-67-65-63-61-59-57-55-53-51-49-47-44-41-39-37-35-33-31-29-27-25-23-21-19-17-15-13-11-9-7-2/h9,11,15,17-18,20-21,23-24,26-27,29-30,32-33,35,39,41,47,49,53,55,59,61,65,67,84H,6-8,10,12-14,16,19,22,25,28,31,34,36-38,40,42-46,48,50-52,54,56-58,60,62-64,66,68-83H2,1-5H3/p+1/b11-9-,17-15-,20-18-,23-21-,26-24-,29-27-,32-30-,35-33-,41-39-,49-47-,55-53-,61-59-,67-65-. The molecule has 0 amide bonds. The number of phosphoric acid groups is 1. The first kappa shape index (κ1) is 91.6. The normalized spacial score (nSPS) is 13.9. The highest BCUT2D eigenvalue weighted by Gasteiger charge is 2.27. The lowest BCUT2D eigenvalue weighted by molar-refractivity contribution is -0.870. The Bertz CT molecular complexity index is 2180. The number of carbonyl (C=O) groups excluding carboxylic acids is 2. The van der Waals surface area contributed by atoms with Crippen LogP contribution in [-0.4, -0.2) is 74.9 Å². The fourth-order valence-electron chi connectivity index (χ4n) is 10.6. The molecular weight excluding hydrogens is 1210 g/mol. The zero-order chi connectivity index (χ0) is 69.7. The number of phosphoric ester groups is 1. The van der Waals surface area contributed by atoms with Gasteiger partial charge < -0.3 is 18.9 Å². The summed E-state index contributed by atoms with van der Waals surface area (Å²) < 4.78 is 34.8. The molecule has 9 nitrogen and oxygen atoms in total. The van der Waals surface area contributed by atoms with Crippen LogP contribution in [-0.2, 0) is 32.7 Å². The Labute approximate surface area is 592 Å². The van der Waals surface area contributed by atoms with E-state index in [4.69, 9.17) is 18.5 Å². The van der Waals surface area contributed by atoms with Crippen molar-refractivity contribution in [2.45, 2.75) is 328 Å². The van der Waals surface area contributed by atoms with Gasteiger partial charge in [0.2, 0.25) is 0 Å². The number of quaternary nitrogens is 1. The number of allylic oxidation sites excluding steroid dienone is 26. The molecule has 548 valence electrons. The first-order valence-corrected chi connectivity index (χ1v) is 40.7. The van der Waals surface area contributed by atoms with Gasteiger partial charge in [-0.25, -0.2) is 4.57 Å². The van der Waals surface area contributed by atoms with Crippen LogP contribution in [0.1, 0.15) is 322 Å². The number of hydrogen-bond acceptors (Lipinski definition) is 7. The Morgan fingerprint density at radius 1 is 0.333 bits per heavy atom. The summed E-state index contributed by atoms with van der Waals surface area (Å²) in [5.41, 5.74) is 0. The number of hydrogen-bond donors (Lipinski definition) is 1. The summed E-state index contributed by atoms with van der Waals surface area (Å²) >= 11 is 0. The van der Waals surface area contributed by atoms with Crippen LogP contribution in [0, 0.1) is 0 Å². The number of ether oxygens (including phenoxy) is 2. The molecule has 0 saturated carbocycles. The third kappa shape index (κ3) is 78.6. The molecule has 0 bridgehead atoms. The highest BCUT2D eigenvalue weighted by Crippen LogP contribution is 2.43. The third-order valence-corrected chi connectivity index (χ3v) is 17.5. The molecule has 0 spiro atoms. The SMILES string of the molecule is CC/C=C\C/C=C\C/C=C\C/C=C\C/C=C\C/C=C\C/C=C\C/C=C\C/C=C\C/C=C\CCCCCCC(=O)OC(COC(=O)CCCCCCCCCCCCCCCCCCCCCCCC/C=C\C/C=C\C/C=C\CCCCCCC)COP(=O)(O)OCC[N+](C)(C)C. The molecule has 0 aliphatic heterocycles. The molecule has 0 aromatic carbocycles. The quantitative estimate of drug-likeness (QED) is 0.0211. The molecule has 0 aromatic heterocycles. The van der Waals surface area contributed by atoms with Crippen LogP contribution >= 0.6 is 7.82 Å². The van der Waals surface area contributed by atoms with Gasteiger partial charge in [0, 0.05) is 12.8 Å². The van der Waals surface area contributed by atoms with E-state index >= 15 is 0 Å². The summed E-state index contributed by atoms with van der Waals surface area (Å²) in [5.74, 6) is -0.826. The van der Waals surface area contributed by atoms with Gasteiger partial charge in [0.1, 0.15) is 19.8 Å². The van der Waals surface area contributed by atoms with Gasteiger partial charge in [-0.05, 0) is 128 Å². The van der Waals surface area contributed by atoms with Gasteiger partial charge in [-0.3, -0.25) is 18.6 Å². The monoisotopic (exact) mass is 1350 g/mol. The number of rotatable bonds is 71. The Morgan fingerprint density at radius 2 is 0.594 bits per heavy atom. The maximum Gasteiger partial charge on any atom is 0.472 e. The lowest BCUT2D eigenvalue weighted by atomic mass is 10.0. The lowest BCUT2D eigenvalue weighted by Crippen LogP contribution is -2.37. The van der Waals surface area contributed by atoms with Gasteiger partial charge in [0.25, 0.3) is 0 Å². The number of nitrogens with zero attached hydrogens (tertiary/aromatic N) is 1. The number of likely N-dealkylation sites (N-methyl/N-ethyl adjacent to an activating group) is 1. The minimum absolute atomic E-state index is 0.0196. The minimum atomic E-state index is -4.41. The van der Waals surface area contributed by atoms with Gasteiger partial charge in [-0.2, -0.15) is 0 Å². The van der Waals surface area contributed by atoms with Crippen molar-refractivity contribution < 1.29 is 42.1 Å². The predicted octanol–water partition coefficient (Wildman–Crippen LogP) is 26.3. The highest BCUT2D eigenvalue weighted by molar-refractivity contribution is 7.47. The van der Waals surface area contributed by atoms with Crippen LogP contribution in [0.3, 0.4) is 0 Å². The lowest BCUT2D eigenvalue weighted by Gasteiger charge is -2.24. The molecule has 0 aliphatic carbocycles. The maximum atomic E-state index is 12.9. The Kier molecular flexibility index (Phi) is 71.4. The summed E-state index contributed by atoms with van der Waals surface area (Å²) in [6.45, 7) is 4.29. The second-order valence-electron chi connectivity index (χ2n) is 27.0. The van der Waals surface area contributed by atoms with Crippen LogP contribution in [0.2, 0.25) is 0 Å². The topological polar surface area (TPSA) is 108 Å². The summed E-state index contributed by atoms with van der Waals surface area (Å²) in [6.07, 6.45) is 112. The van der Waals surface area contributed by atoms with Crippen molar-refractivity contribution in [3.8, 4) is 0 Å². The number of esters is 2. The van der Waals surface area contributed by atoms with Crippen molar-refractivity contribution in [3.05, 3.63) is 158 Å². The van der Waals surface area contributed by atoms with Crippen LogP contribution in [0.5, 0.6) is 0 Å². The molecule has 0 radical (unpaired) electrons. The Hall–Kier alpha value is -4.37. The molecule has 0 heterocycles. The summed E-state index contributed by atoms with van der Waals surface area (Å²) in [6, 6.07) is 0. The third-order valence-electron chi connectivity index (χ3n) is 16.5. The van der Waals surface area contributed by atoms with E-state index in [0.717, 1.165) is 122 Å². The predicted molar refractivity (Wildman–Crippen MR) is 417 cm³/mol. The second kappa shape index (κ2) is 74.8. The first-order chi connectivity index (χ1) is 47.0. The van der Waals surface area contributed by atoms with Gasteiger partial charge in [-0.1, -0.05) is 339 Å². The zero-order valence-corrected chi connectivity index (χ0v) is 63.5. The molecule has 0 rings (SSSR count). The molecule has 1 N–H and O–H groups in total. The second-order valence-corrected chi connectivity index (χ2v) is 28.5. The van der Waals surface area contributed by atoms with Crippen LogP contribution < -0.4 is 0 Å². The van der Waals surface area contributed by atoms with E-state index in [2.05, 4.69) is 172 Å². The molecular formula is C86H147NO8P+. The zero-order valence-electron chi connectivity index (χ0n) is 62.6. The Morgan fingerprint density at radius 3 is 0.885 bits per heavy atom. The highest BCUT2D eigenvalue weighted by atomic mass is 31.2. The van der Waals surface area contributed by atoms with Crippen LogP contribution in [0.4, 0.5) is 0 Å². The fraction of sp³-hybridized carbons (Fsp3) is 0.674. The molecule has 2 atom stereocenters. The van der Waals surface area contributed by atoms with Crippen molar-refractivity contribution >= 4 is 19.8 Å². The minimum Gasteiger partial charge on any atom is -0.462 e. The molecule has 2 unspecified atom stereocenters. The van der Waals surface area contributed by atoms with E-state index in [1.54, 1.807) is 0 Å². The number of unbranched alkanes of at least 4 members (excludes halogenated alkanes) is 31. The fourth-order valence-corrected chi connectivity index (χ4v) is 11.3. The van der Waals surface area contributed by atoms with E-state index in [0.29, 0.717) is 17.4 Å². The van der Waals surface area contributed by atoms with E-state index < -0.39 is 26.5 Å². The van der Waals surface area contributed by atoms with E-state index in [1.165, 1.54) is 167 Å². The molecule has 0 aromatic rings. The van der Waals surface area contributed by atoms with Crippen molar-refractivity contribution in [2.75, 3.05) is 47.5 Å². The largest absolute Gasteiger partial charge is 0.472 e. The molecule has 0 saturated heterocycles. The van der Waals surface area contributed by atoms with Crippen molar-refractivity contribution in [3.63, 3.8) is 0 Å². The van der Waals surface area contributed by atoms with Gasteiger partial charge in [-0.15, -0.1) is 0 Å². The summed E-state index contributed by atoms with van der Waals surface area (Å²) in [7, 11) is 1.45. The molecule has 96 heavy (non-hydrogen) atoms. The Balaban J connectivity index is 4.07. The molecule has 0 fully saturated rings. The van der Waals surface area contributed by atoms with Crippen LogP contribution in [0.15, 0.2) is 158 Å². The first-order valence-electron chi connectivity index (χ1n) is 39.2. The smallest absolute Gasteiger partial charge is 0.462 e. The summed E-state index contributed by atoms with van der Waals surface area (Å²) in [5, 5.41) is 0. The van der Waals surface area contributed by atoms with Crippen LogP contribution in [0.25, 0.3) is 0 Å².